The van der Waals surface area contributed by atoms with Crippen LogP contribution in [0.4, 0.5) is 4.39 Å². The minimum absolute atomic E-state index is 0.0759. The first kappa shape index (κ1) is 14.7. The molecule has 1 aromatic rings. The Labute approximate surface area is 122 Å². The lowest BCUT2D eigenvalue weighted by molar-refractivity contribution is 0.0934. The largest absolute Gasteiger partial charge is 0.347 e. The first-order valence-corrected chi connectivity index (χ1v) is 8.49. The van der Waals surface area contributed by atoms with Gasteiger partial charge in [0.25, 0.3) is 15.0 Å². The van der Waals surface area contributed by atoms with Crippen LogP contribution >= 0.6 is 26.6 Å². The van der Waals surface area contributed by atoms with Crippen molar-refractivity contribution in [2.45, 2.75) is 30.2 Å². The summed E-state index contributed by atoms with van der Waals surface area (Å²) >= 11 is 2.80. The molecule has 4 nitrogen and oxygen atoms in total. The van der Waals surface area contributed by atoms with Crippen LogP contribution in [0.5, 0.6) is 0 Å². The fourth-order valence-electron chi connectivity index (χ4n) is 1.53. The maximum absolute atomic E-state index is 13.6. The van der Waals surface area contributed by atoms with E-state index in [1.54, 1.807) is 0 Å². The van der Waals surface area contributed by atoms with Crippen molar-refractivity contribution < 1.29 is 17.6 Å². The molecule has 0 atom stereocenters. The number of hydrogen-bond acceptors (Lipinski definition) is 3. The number of halogens is 3. The third-order valence-electron chi connectivity index (χ3n) is 2.94. The number of carbonyl (C=O) groups excluding carboxylic acids is 1. The highest BCUT2D eigenvalue weighted by Crippen LogP contribution is 2.35. The van der Waals surface area contributed by atoms with Crippen LogP contribution in [0.15, 0.2) is 21.5 Å². The lowest BCUT2D eigenvalue weighted by Gasteiger charge is -2.12. The van der Waals surface area contributed by atoms with Gasteiger partial charge in [-0.25, -0.2) is 12.8 Å². The lowest BCUT2D eigenvalue weighted by atomic mass is 10.2. The van der Waals surface area contributed by atoms with Crippen LogP contribution in [0.25, 0.3) is 0 Å². The molecule has 0 aromatic heterocycles. The van der Waals surface area contributed by atoms with E-state index in [1.807, 2.05) is 6.92 Å². The van der Waals surface area contributed by atoms with Gasteiger partial charge in [0.2, 0.25) is 0 Å². The van der Waals surface area contributed by atoms with Gasteiger partial charge in [-0.3, -0.25) is 4.79 Å². The van der Waals surface area contributed by atoms with Gasteiger partial charge >= 0.3 is 0 Å². The molecule has 1 saturated carbocycles. The summed E-state index contributed by atoms with van der Waals surface area (Å²) in [6, 6.07) is 2.02. The molecule has 0 aliphatic heterocycles. The van der Waals surface area contributed by atoms with Gasteiger partial charge in [-0.1, -0.05) is 0 Å². The first-order valence-electron chi connectivity index (χ1n) is 5.39. The number of rotatable bonds is 3. The summed E-state index contributed by atoms with van der Waals surface area (Å²) in [7, 11) is 1.07. The summed E-state index contributed by atoms with van der Waals surface area (Å²) in [6.45, 7) is 1.86. The van der Waals surface area contributed by atoms with Crippen LogP contribution < -0.4 is 5.32 Å². The van der Waals surface area contributed by atoms with Crippen molar-refractivity contribution in [3.8, 4) is 0 Å². The molecule has 1 N–H and O–H groups in total. The Morgan fingerprint density at radius 1 is 1.47 bits per heavy atom. The second-order valence-corrected chi connectivity index (χ2v) is 8.05. The topological polar surface area (TPSA) is 63.2 Å². The molecule has 0 heterocycles. The van der Waals surface area contributed by atoms with Gasteiger partial charge in [0, 0.05) is 21.8 Å². The molecule has 2 rings (SSSR count). The zero-order valence-corrected chi connectivity index (χ0v) is 13.0. The molecular formula is C11H10BrClFNO3S. The third kappa shape index (κ3) is 3.27. The Hall–Kier alpha value is -0.660. The molecule has 8 heteroatoms. The number of carbonyl (C=O) groups is 1. The lowest BCUT2D eigenvalue weighted by Crippen LogP contribution is -2.34. The van der Waals surface area contributed by atoms with E-state index < -0.39 is 25.7 Å². The Kier molecular flexibility index (Phi) is 3.66. The van der Waals surface area contributed by atoms with Crippen molar-refractivity contribution in [1.82, 2.24) is 5.32 Å². The standard InChI is InChI=1S/C11H10BrClFNO3S/c1-11(2-3-11)15-10(16)6-4-7(14)9(12)8(5-6)19(13,17)18/h4-5H,2-3H2,1H3,(H,15,16). The van der Waals surface area contributed by atoms with Gasteiger partial charge < -0.3 is 5.32 Å². The second kappa shape index (κ2) is 4.71. The van der Waals surface area contributed by atoms with Gasteiger partial charge in [0.15, 0.2) is 0 Å². The maximum atomic E-state index is 13.6. The molecule has 1 aliphatic rings. The van der Waals surface area contributed by atoms with E-state index in [4.69, 9.17) is 10.7 Å². The van der Waals surface area contributed by atoms with Crippen molar-refractivity contribution in [2.24, 2.45) is 0 Å². The highest BCUT2D eigenvalue weighted by Gasteiger charge is 2.39. The summed E-state index contributed by atoms with van der Waals surface area (Å²) in [4.78, 5) is 11.5. The van der Waals surface area contributed by atoms with Gasteiger partial charge in [-0.15, -0.1) is 0 Å². The van der Waals surface area contributed by atoms with E-state index in [0.29, 0.717) is 0 Å². The molecule has 0 saturated heterocycles. The number of nitrogens with one attached hydrogen (secondary N) is 1. The Morgan fingerprint density at radius 2 is 2.05 bits per heavy atom. The van der Waals surface area contributed by atoms with Crippen LogP contribution in [-0.4, -0.2) is 19.9 Å². The van der Waals surface area contributed by atoms with Crippen molar-refractivity contribution in [1.29, 1.82) is 0 Å². The molecule has 104 valence electrons. The van der Waals surface area contributed by atoms with E-state index in [1.165, 1.54) is 0 Å². The van der Waals surface area contributed by atoms with Crippen LogP contribution in [0.2, 0.25) is 0 Å². The van der Waals surface area contributed by atoms with Gasteiger partial charge in [0.1, 0.15) is 10.7 Å². The van der Waals surface area contributed by atoms with Gasteiger partial charge in [-0.05, 0) is 47.8 Å². The molecule has 1 aliphatic carbocycles. The average Bonchev–Trinajstić information content (AvgIpc) is 2.98. The Bertz CT molecular complexity index is 658. The summed E-state index contributed by atoms with van der Waals surface area (Å²) in [5, 5.41) is 2.71. The molecule has 0 bridgehead atoms. The van der Waals surface area contributed by atoms with Crippen molar-refractivity contribution >= 4 is 41.6 Å². The molecule has 1 aromatic carbocycles. The number of hydrogen-bond donors (Lipinski definition) is 1. The van der Waals surface area contributed by atoms with Crippen LogP contribution in [0, 0.1) is 5.82 Å². The van der Waals surface area contributed by atoms with E-state index in [9.17, 15) is 17.6 Å². The fourth-order valence-corrected chi connectivity index (χ4v) is 3.62. The zero-order valence-electron chi connectivity index (χ0n) is 9.84. The van der Waals surface area contributed by atoms with Crippen LogP contribution in [0.3, 0.4) is 0 Å². The molecule has 0 spiro atoms. The third-order valence-corrected chi connectivity index (χ3v) is 5.35. The van der Waals surface area contributed by atoms with Crippen LogP contribution in [0.1, 0.15) is 30.1 Å². The minimum Gasteiger partial charge on any atom is -0.347 e. The minimum atomic E-state index is -4.13. The molecule has 1 fully saturated rings. The van der Waals surface area contributed by atoms with Gasteiger partial charge in [0.05, 0.1) is 4.47 Å². The zero-order chi connectivity index (χ0) is 14.4. The Morgan fingerprint density at radius 3 is 2.53 bits per heavy atom. The fraction of sp³-hybridized carbons (Fsp3) is 0.364. The van der Waals surface area contributed by atoms with E-state index in [0.717, 1.165) is 25.0 Å². The molecular weight excluding hydrogens is 361 g/mol. The summed E-state index contributed by atoms with van der Waals surface area (Å²) in [6.07, 6.45) is 1.69. The quantitative estimate of drug-likeness (QED) is 0.832. The van der Waals surface area contributed by atoms with Crippen LogP contribution in [-0.2, 0) is 9.05 Å². The normalized spacial score (nSPS) is 17.1. The molecule has 1 amide bonds. The number of amides is 1. The second-order valence-electron chi connectivity index (χ2n) is 4.72. The first-order chi connectivity index (χ1) is 8.62. The molecule has 0 unspecified atom stereocenters. The van der Waals surface area contributed by atoms with E-state index in [-0.39, 0.29) is 15.6 Å². The molecule has 19 heavy (non-hydrogen) atoms. The molecule has 0 radical (unpaired) electrons. The Balaban J connectivity index is 2.42. The van der Waals surface area contributed by atoms with E-state index >= 15 is 0 Å². The van der Waals surface area contributed by atoms with Gasteiger partial charge in [-0.2, -0.15) is 0 Å². The average molecular weight is 371 g/mol. The predicted molar refractivity (Wildman–Crippen MR) is 72.2 cm³/mol. The highest BCUT2D eigenvalue weighted by molar-refractivity contribution is 9.10. The van der Waals surface area contributed by atoms with Crippen molar-refractivity contribution in [3.05, 3.63) is 28.0 Å². The summed E-state index contributed by atoms with van der Waals surface area (Å²) < 4.78 is 36.0. The van der Waals surface area contributed by atoms with E-state index in [2.05, 4.69) is 21.2 Å². The monoisotopic (exact) mass is 369 g/mol. The van der Waals surface area contributed by atoms with Crippen molar-refractivity contribution in [2.75, 3.05) is 0 Å². The van der Waals surface area contributed by atoms with Crippen molar-refractivity contribution in [3.63, 3.8) is 0 Å². The predicted octanol–water partition coefficient (Wildman–Crippen LogP) is 2.80. The maximum Gasteiger partial charge on any atom is 0.262 e. The highest BCUT2D eigenvalue weighted by atomic mass is 79.9. The summed E-state index contributed by atoms with van der Waals surface area (Å²) in [5.74, 6) is -1.37. The smallest absolute Gasteiger partial charge is 0.262 e. The number of benzene rings is 1. The SMILES string of the molecule is CC1(NC(=O)c2cc(F)c(Br)c(S(=O)(=O)Cl)c2)CC1. The summed E-state index contributed by atoms with van der Waals surface area (Å²) in [5.41, 5.74) is -0.353.